The molecule has 2 atom stereocenters. The maximum absolute atomic E-state index is 12.6. The lowest BCUT2D eigenvalue weighted by atomic mass is 9.62. The molecule has 1 aliphatic carbocycles. The normalized spacial score (nSPS) is 20.5. The van der Waals surface area contributed by atoms with Crippen LogP contribution in [0, 0.1) is 10.8 Å². The zero-order valence-corrected chi connectivity index (χ0v) is 26.7. The predicted octanol–water partition coefficient (Wildman–Crippen LogP) is 4.49. The van der Waals surface area contributed by atoms with Gasteiger partial charge in [-0.3, -0.25) is 9.59 Å². The average Bonchev–Trinajstić information content (AvgIpc) is 2.90. The van der Waals surface area contributed by atoms with Gasteiger partial charge in [-0.05, 0) is 74.6 Å². The zero-order chi connectivity index (χ0) is 31.6. The molecule has 2 amide bonds. The summed E-state index contributed by atoms with van der Waals surface area (Å²) >= 11 is 1.16. The largest absolute Gasteiger partial charge is 0.490 e. The first-order chi connectivity index (χ1) is 19.5. The fourth-order valence-electron chi connectivity index (χ4n) is 5.51. The van der Waals surface area contributed by atoms with E-state index in [1.165, 1.54) is 28.1 Å². The molecule has 0 radical (unpaired) electrons. The predicted molar refractivity (Wildman–Crippen MR) is 161 cm³/mol. The van der Waals surface area contributed by atoms with Crippen molar-refractivity contribution < 1.29 is 43.5 Å². The fourth-order valence-corrected chi connectivity index (χ4v) is 6.24. The Hall–Kier alpha value is -2.38. The van der Waals surface area contributed by atoms with E-state index < -0.39 is 17.7 Å². The van der Waals surface area contributed by atoms with Crippen LogP contribution < -0.4 is 15.4 Å². The SMILES string of the molecule is COC(O)(CCCSC(=O)NC1CC(C)(C)CC(C)(CNC(=O)OCCOc2ccc(C(=O)C(C)(C)O)cc2)C1)OC. The second-order valence-electron chi connectivity index (χ2n) is 12.5. The lowest BCUT2D eigenvalue weighted by molar-refractivity contribution is -0.342. The third-order valence-electron chi connectivity index (χ3n) is 7.19. The van der Waals surface area contributed by atoms with Crippen LogP contribution in [-0.2, 0) is 14.2 Å². The van der Waals surface area contributed by atoms with Crippen molar-refractivity contribution in [2.45, 2.75) is 84.3 Å². The van der Waals surface area contributed by atoms with E-state index >= 15 is 0 Å². The number of ketones is 1. The van der Waals surface area contributed by atoms with Crippen molar-refractivity contribution >= 4 is 28.9 Å². The molecule has 11 nitrogen and oxygen atoms in total. The molecule has 1 aliphatic rings. The van der Waals surface area contributed by atoms with Gasteiger partial charge < -0.3 is 39.8 Å². The summed E-state index contributed by atoms with van der Waals surface area (Å²) in [6, 6.07) is 6.37. The van der Waals surface area contributed by atoms with Crippen LogP contribution in [0.2, 0.25) is 0 Å². The number of hydrogen-bond acceptors (Lipinski definition) is 10. The molecule has 42 heavy (non-hydrogen) atoms. The van der Waals surface area contributed by atoms with Gasteiger partial charge in [-0.2, -0.15) is 0 Å². The van der Waals surface area contributed by atoms with Crippen molar-refractivity contribution in [1.29, 1.82) is 0 Å². The maximum atomic E-state index is 12.6. The number of rotatable bonds is 15. The minimum atomic E-state index is -1.64. The van der Waals surface area contributed by atoms with Crippen molar-refractivity contribution in [3.8, 4) is 5.75 Å². The van der Waals surface area contributed by atoms with Crippen molar-refractivity contribution in [3.05, 3.63) is 29.8 Å². The summed E-state index contributed by atoms with van der Waals surface area (Å²) in [4.78, 5) is 37.1. The molecule has 4 N–H and O–H groups in total. The second kappa shape index (κ2) is 15.4. The average molecular weight is 613 g/mol. The summed E-state index contributed by atoms with van der Waals surface area (Å²) < 4.78 is 20.7. The van der Waals surface area contributed by atoms with Crippen molar-refractivity contribution in [1.82, 2.24) is 10.6 Å². The Labute approximate surface area is 253 Å². The number of amides is 2. The quantitative estimate of drug-likeness (QED) is 0.127. The highest BCUT2D eigenvalue weighted by Crippen LogP contribution is 2.46. The number of thioether (sulfide) groups is 1. The Bertz CT molecular complexity index is 1040. The highest BCUT2D eigenvalue weighted by atomic mass is 32.2. The molecule has 1 aromatic rings. The lowest BCUT2D eigenvalue weighted by Gasteiger charge is -2.46. The van der Waals surface area contributed by atoms with Crippen LogP contribution in [0.3, 0.4) is 0 Å². The van der Waals surface area contributed by atoms with Gasteiger partial charge in [-0.1, -0.05) is 32.5 Å². The Kier molecular flexibility index (Phi) is 13.1. The summed E-state index contributed by atoms with van der Waals surface area (Å²) in [6.07, 6.45) is 2.67. The van der Waals surface area contributed by atoms with Crippen LogP contribution in [0.25, 0.3) is 0 Å². The van der Waals surface area contributed by atoms with Gasteiger partial charge in [-0.25, -0.2) is 4.79 Å². The van der Waals surface area contributed by atoms with Crippen LogP contribution >= 0.6 is 11.8 Å². The number of Topliss-reactive ketones (excluding diaryl/α,β-unsaturated/α-hetero) is 1. The van der Waals surface area contributed by atoms with Gasteiger partial charge in [0.1, 0.15) is 24.6 Å². The number of carbonyl (C=O) groups is 3. The van der Waals surface area contributed by atoms with Crippen molar-refractivity contribution in [2.24, 2.45) is 10.8 Å². The number of nitrogens with one attached hydrogen (secondary N) is 2. The third-order valence-corrected chi connectivity index (χ3v) is 8.06. The van der Waals surface area contributed by atoms with E-state index in [1.807, 2.05) is 0 Å². The van der Waals surface area contributed by atoms with Crippen molar-refractivity contribution in [3.63, 3.8) is 0 Å². The van der Waals surface area contributed by atoms with Crippen LogP contribution in [0.4, 0.5) is 9.59 Å². The number of methoxy groups -OCH3 is 2. The molecular formula is C30H48N2O9S. The van der Waals surface area contributed by atoms with Crippen LogP contribution in [0.15, 0.2) is 24.3 Å². The molecule has 0 aliphatic heterocycles. The standard InChI is InChI=1S/C30H48N2O9S/c1-27(2)17-22(32-26(35)42-16-8-13-30(37,38-6)39-7)18-29(5,19-27)20-31-25(34)41-15-14-40-23-11-9-21(10-12-23)24(33)28(3,4)36/h9-12,22,36-37H,8,13-20H2,1-7H3,(H,31,34)(H,32,35). The minimum absolute atomic E-state index is 0.0322. The molecule has 0 bridgehead atoms. The molecule has 1 fully saturated rings. The van der Waals surface area contributed by atoms with Gasteiger partial charge in [0.2, 0.25) is 0 Å². The fraction of sp³-hybridized carbons (Fsp3) is 0.700. The molecule has 0 aromatic heterocycles. The van der Waals surface area contributed by atoms with E-state index in [0.29, 0.717) is 36.5 Å². The van der Waals surface area contributed by atoms with Gasteiger partial charge >= 0.3 is 6.09 Å². The first kappa shape index (κ1) is 35.8. The molecule has 0 spiro atoms. The van der Waals surface area contributed by atoms with Crippen LogP contribution in [0.1, 0.15) is 77.1 Å². The number of hydrogen-bond donors (Lipinski definition) is 4. The van der Waals surface area contributed by atoms with Gasteiger partial charge in [0, 0.05) is 44.5 Å². The Morgan fingerprint density at radius 3 is 2.26 bits per heavy atom. The van der Waals surface area contributed by atoms with E-state index in [4.69, 9.17) is 18.9 Å². The molecule has 2 rings (SSSR count). The smallest absolute Gasteiger partial charge is 0.407 e. The monoisotopic (exact) mass is 612 g/mol. The number of alkyl carbamates (subject to hydrolysis) is 1. The summed E-state index contributed by atoms with van der Waals surface area (Å²) in [5.74, 6) is -0.992. The first-order valence-electron chi connectivity index (χ1n) is 14.2. The second-order valence-corrected chi connectivity index (χ2v) is 13.6. The minimum Gasteiger partial charge on any atom is -0.490 e. The van der Waals surface area contributed by atoms with E-state index in [-0.39, 0.29) is 47.5 Å². The highest BCUT2D eigenvalue weighted by molar-refractivity contribution is 8.13. The third kappa shape index (κ3) is 12.1. The van der Waals surface area contributed by atoms with E-state index in [1.54, 1.807) is 24.3 Å². The first-order valence-corrected chi connectivity index (χ1v) is 15.1. The van der Waals surface area contributed by atoms with Crippen LogP contribution in [0.5, 0.6) is 5.75 Å². The van der Waals surface area contributed by atoms with Gasteiger partial charge in [-0.15, -0.1) is 0 Å². The Balaban J connectivity index is 1.74. The summed E-state index contributed by atoms with van der Waals surface area (Å²) in [5, 5.41) is 25.7. The summed E-state index contributed by atoms with van der Waals surface area (Å²) in [7, 11) is 2.73. The number of benzene rings is 1. The maximum Gasteiger partial charge on any atom is 0.407 e. The molecule has 0 heterocycles. The molecule has 2 unspecified atom stereocenters. The van der Waals surface area contributed by atoms with Crippen LogP contribution in [-0.4, -0.2) is 84.7 Å². The highest BCUT2D eigenvalue weighted by Gasteiger charge is 2.42. The molecule has 238 valence electrons. The molecular weight excluding hydrogens is 564 g/mol. The summed E-state index contributed by atoms with van der Waals surface area (Å²) in [5.41, 5.74) is -1.34. The Morgan fingerprint density at radius 2 is 1.67 bits per heavy atom. The van der Waals surface area contributed by atoms with E-state index in [9.17, 15) is 24.6 Å². The topological polar surface area (TPSA) is 153 Å². The Morgan fingerprint density at radius 1 is 1.02 bits per heavy atom. The summed E-state index contributed by atoms with van der Waals surface area (Å²) in [6.45, 7) is 9.88. The van der Waals surface area contributed by atoms with E-state index in [2.05, 4.69) is 31.4 Å². The molecule has 1 aromatic carbocycles. The van der Waals surface area contributed by atoms with E-state index in [0.717, 1.165) is 24.6 Å². The zero-order valence-electron chi connectivity index (χ0n) is 25.9. The van der Waals surface area contributed by atoms with Crippen molar-refractivity contribution in [2.75, 3.05) is 39.7 Å². The number of carbonyl (C=O) groups excluding carboxylic acids is 3. The van der Waals surface area contributed by atoms with Gasteiger partial charge in [0.05, 0.1) is 0 Å². The number of aliphatic hydroxyl groups is 2. The lowest BCUT2D eigenvalue weighted by Crippen LogP contribution is -2.50. The van der Waals surface area contributed by atoms with Gasteiger partial charge in [0.25, 0.3) is 11.2 Å². The molecule has 1 saturated carbocycles. The molecule has 0 saturated heterocycles. The van der Waals surface area contributed by atoms with Gasteiger partial charge in [0.15, 0.2) is 5.78 Å². The number of ether oxygens (including phenoxy) is 4. The molecule has 12 heteroatoms.